The van der Waals surface area contributed by atoms with Crippen LogP contribution in [0.1, 0.15) is 271 Å². The van der Waals surface area contributed by atoms with E-state index in [9.17, 15) is 30.0 Å². The summed E-state index contributed by atoms with van der Waals surface area (Å²) >= 11 is 0. The number of unbranched alkanes of at least 4 members (excludes halogenated alkanes) is 34. The van der Waals surface area contributed by atoms with Crippen molar-refractivity contribution in [3.05, 3.63) is 24.3 Å². The lowest BCUT2D eigenvalue weighted by molar-refractivity contribution is -0.305. The Bertz CT molecular complexity index is 1140. The normalized spacial score (nSPS) is 19.2. The van der Waals surface area contributed by atoms with E-state index in [2.05, 4.69) is 38.2 Å². The third-order valence-corrected chi connectivity index (χ3v) is 13.3. The van der Waals surface area contributed by atoms with E-state index >= 15 is 0 Å². The van der Waals surface area contributed by atoms with E-state index in [0.717, 1.165) is 38.5 Å². The van der Waals surface area contributed by atoms with Crippen molar-refractivity contribution in [2.45, 2.75) is 307 Å². The Hall–Kier alpha value is -1.82. The van der Waals surface area contributed by atoms with Crippen molar-refractivity contribution in [2.24, 2.45) is 0 Å². The summed E-state index contributed by atoms with van der Waals surface area (Å²) < 4.78 is 22.3. The minimum atomic E-state index is -1.60. The first-order valence-corrected chi connectivity index (χ1v) is 28.4. The molecule has 1 rings (SSSR count). The molecule has 0 radical (unpaired) electrons. The van der Waals surface area contributed by atoms with Gasteiger partial charge in [0.2, 0.25) is 0 Å². The molecule has 4 N–H and O–H groups in total. The molecule has 0 aromatic heterocycles. The molecule has 1 aliphatic heterocycles. The molecule has 0 aromatic carbocycles. The molecule has 10 nitrogen and oxygen atoms in total. The number of carbonyl (C=O) groups excluding carboxylic acids is 2. The van der Waals surface area contributed by atoms with E-state index in [4.69, 9.17) is 18.9 Å². The Morgan fingerprint density at radius 2 is 0.806 bits per heavy atom. The average molecular weight is 951 g/mol. The third-order valence-electron chi connectivity index (χ3n) is 13.3. The largest absolute Gasteiger partial charge is 0.462 e. The van der Waals surface area contributed by atoms with Crippen LogP contribution >= 0.6 is 0 Å². The van der Waals surface area contributed by atoms with Crippen LogP contribution in [0.5, 0.6) is 0 Å². The summed E-state index contributed by atoms with van der Waals surface area (Å²) in [6.45, 7) is 3.45. The van der Waals surface area contributed by atoms with Gasteiger partial charge in [0, 0.05) is 12.8 Å². The highest BCUT2D eigenvalue weighted by atomic mass is 16.7. The molecule has 0 aromatic rings. The topological polar surface area (TPSA) is 152 Å². The standard InChI is InChI=1S/C57H106O10/c1-3-5-7-9-11-13-15-17-19-21-23-24-25-26-28-30-32-34-36-38-40-42-44-46-53(60)66-50(49-65-57-56(63)55(62)54(61)51(47-58)67-57)48-64-52(59)45-43-41-39-37-35-33-31-29-27-22-20-18-16-14-12-10-8-6-4-2/h18,20,38,40,50-51,54-58,61-63H,3-17,19,21-37,39,41-49H2,1-2H3/b20-18+,40-38+/t50-,51-,54+,55?,56?,57-/m1/s1. The maximum atomic E-state index is 12.9. The summed E-state index contributed by atoms with van der Waals surface area (Å²) in [5.41, 5.74) is 0. The molecule has 1 fully saturated rings. The molecule has 1 heterocycles. The number of aliphatic hydroxyl groups is 4. The van der Waals surface area contributed by atoms with Crippen molar-refractivity contribution in [3.63, 3.8) is 0 Å². The Labute approximate surface area is 411 Å². The first-order valence-electron chi connectivity index (χ1n) is 28.4. The van der Waals surface area contributed by atoms with Gasteiger partial charge < -0.3 is 39.4 Å². The van der Waals surface area contributed by atoms with Gasteiger partial charge in [-0.15, -0.1) is 0 Å². The average Bonchev–Trinajstić information content (AvgIpc) is 3.33. The number of rotatable bonds is 49. The highest BCUT2D eigenvalue weighted by Crippen LogP contribution is 2.23. The van der Waals surface area contributed by atoms with Crippen molar-refractivity contribution >= 4 is 11.9 Å². The van der Waals surface area contributed by atoms with Crippen LogP contribution in [0.25, 0.3) is 0 Å². The third kappa shape index (κ3) is 38.6. The molecule has 0 bridgehead atoms. The van der Waals surface area contributed by atoms with Gasteiger partial charge in [-0.05, 0) is 57.8 Å². The van der Waals surface area contributed by atoms with Gasteiger partial charge in [-0.25, -0.2) is 0 Å². The summed E-state index contributed by atoms with van der Waals surface area (Å²) in [6, 6.07) is 0. The zero-order valence-corrected chi connectivity index (χ0v) is 43.4. The van der Waals surface area contributed by atoms with Crippen LogP contribution in [0, 0.1) is 0 Å². The minimum absolute atomic E-state index is 0.185. The zero-order chi connectivity index (χ0) is 48.7. The van der Waals surface area contributed by atoms with E-state index in [1.54, 1.807) is 0 Å². The predicted molar refractivity (Wildman–Crippen MR) is 275 cm³/mol. The van der Waals surface area contributed by atoms with Crippen LogP contribution in [0.3, 0.4) is 0 Å². The number of aliphatic hydroxyl groups excluding tert-OH is 4. The number of ether oxygens (including phenoxy) is 4. The summed E-state index contributed by atoms with van der Waals surface area (Å²) in [7, 11) is 0. The highest BCUT2D eigenvalue weighted by molar-refractivity contribution is 5.70. The minimum Gasteiger partial charge on any atom is -0.462 e. The zero-order valence-electron chi connectivity index (χ0n) is 43.4. The summed E-state index contributed by atoms with van der Waals surface area (Å²) in [5.74, 6) is -0.833. The molecule has 67 heavy (non-hydrogen) atoms. The molecule has 394 valence electrons. The van der Waals surface area contributed by atoms with Gasteiger partial charge in [-0.2, -0.15) is 0 Å². The van der Waals surface area contributed by atoms with Gasteiger partial charge >= 0.3 is 11.9 Å². The van der Waals surface area contributed by atoms with Gasteiger partial charge in [-0.1, -0.05) is 224 Å². The van der Waals surface area contributed by atoms with E-state index in [1.165, 1.54) is 199 Å². The Balaban J connectivity index is 2.22. The van der Waals surface area contributed by atoms with Crippen molar-refractivity contribution < 1.29 is 49.0 Å². The quantitative estimate of drug-likeness (QED) is 0.0263. The van der Waals surface area contributed by atoms with E-state index < -0.39 is 49.4 Å². The van der Waals surface area contributed by atoms with Crippen LogP contribution in [-0.2, 0) is 28.5 Å². The fourth-order valence-corrected chi connectivity index (χ4v) is 8.84. The maximum Gasteiger partial charge on any atom is 0.306 e. The van der Waals surface area contributed by atoms with E-state index in [1.807, 2.05) is 0 Å². The van der Waals surface area contributed by atoms with Crippen LogP contribution in [-0.4, -0.2) is 89.0 Å². The molecule has 1 aliphatic rings. The fourth-order valence-electron chi connectivity index (χ4n) is 8.84. The highest BCUT2D eigenvalue weighted by Gasteiger charge is 2.44. The fraction of sp³-hybridized carbons (Fsp3) is 0.895. The second-order valence-corrected chi connectivity index (χ2v) is 19.7. The molecule has 0 aliphatic carbocycles. The molecule has 0 amide bonds. The van der Waals surface area contributed by atoms with Gasteiger partial charge in [-0.3, -0.25) is 9.59 Å². The number of carbonyl (C=O) groups is 2. The number of allylic oxidation sites excluding steroid dienone is 4. The van der Waals surface area contributed by atoms with E-state index in [0.29, 0.717) is 6.42 Å². The second-order valence-electron chi connectivity index (χ2n) is 19.7. The van der Waals surface area contributed by atoms with Gasteiger partial charge in [0.25, 0.3) is 0 Å². The Morgan fingerprint density at radius 1 is 0.448 bits per heavy atom. The van der Waals surface area contributed by atoms with Crippen LogP contribution in [0.2, 0.25) is 0 Å². The lowest BCUT2D eigenvalue weighted by Crippen LogP contribution is -2.59. The molecule has 0 saturated carbocycles. The Morgan fingerprint density at radius 3 is 1.21 bits per heavy atom. The number of hydrogen-bond acceptors (Lipinski definition) is 10. The van der Waals surface area contributed by atoms with Crippen molar-refractivity contribution in [1.82, 2.24) is 0 Å². The lowest BCUT2D eigenvalue weighted by Gasteiger charge is -2.39. The molecular formula is C57H106O10. The molecule has 6 atom stereocenters. The molecule has 0 spiro atoms. The Kier molecular flexibility index (Phi) is 45.1. The van der Waals surface area contributed by atoms with Crippen LogP contribution < -0.4 is 0 Å². The van der Waals surface area contributed by atoms with Gasteiger partial charge in [0.15, 0.2) is 12.4 Å². The van der Waals surface area contributed by atoms with Crippen molar-refractivity contribution in [2.75, 3.05) is 19.8 Å². The van der Waals surface area contributed by atoms with Gasteiger partial charge in [0.1, 0.15) is 31.0 Å². The molecule has 1 saturated heterocycles. The molecule has 2 unspecified atom stereocenters. The monoisotopic (exact) mass is 951 g/mol. The lowest BCUT2D eigenvalue weighted by atomic mass is 9.99. The first kappa shape index (κ1) is 63.2. The first-order chi connectivity index (χ1) is 32.8. The van der Waals surface area contributed by atoms with Gasteiger partial charge in [0.05, 0.1) is 13.2 Å². The van der Waals surface area contributed by atoms with Crippen molar-refractivity contribution in [1.29, 1.82) is 0 Å². The molecular weight excluding hydrogens is 845 g/mol. The SMILES string of the molecule is CCCCCCCC/C=C/CCCCCCCCCCCC(=O)OC[C@H](CO[C@@H]1O[C@H](CO)[C@H](O)C(O)C1O)OC(=O)CCC/C=C/CCCCCCCCCCCCCCCCCCCC. The number of esters is 2. The van der Waals surface area contributed by atoms with E-state index in [-0.39, 0.29) is 32.0 Å². The van der Waals surface area contributed by atoms with Crippen LogP contribution in [0.15, 0.2) is 24.3 Å². The maximum absolute atomic E-state index is 12.9. The molecule has 10 heteroatoms. The van der Waals surface area contributed by atoms with Crippen LogP contribution in [0.4, 0.5) is 0 Å². The summed E-state index contributed by atoms with van der Waals surface area (Å²) in [4.78, 5) is 25.5. The van der Waals surface area contributed by atoms with Crippen molar-refractivity contribution in [3.8, 4) is 0 Å². The second kappa shape index (κ2) is 47.8. The summed E-state index contributed by atoms with van der Waals surface area (Å²) in [5, 5.41) is 40.3. The summed E-state index contributed by atoms with van der Waals surface area (Å²) in [6.07, 6.45) is 49.2. The smallest absolute Gasteiger partial charge is 0.306 e. The predicted octanol–water partition coefficient (Wildman–Crippen LogP) is 14.0. The number of hydrogen-bond donors (Lipinski definition) is 4.